The smallest absolute Gasteiger partial charge is 0.310 e. The van der Waals surface area contributed by atoms with Gasteiger partial charge in [0.25, 0.3) is 5.91 Å². The van der Waals surface area contributed by atoms with E-state index in [0.717, 1.165) is 35.5 Å². The van der Waals surface area contributed by atoms with E-state index in [9.17, 15) is 9.59 Å². The molecule has 2 aromatic rings. The van der Waals surface area contributed by atoms with Crippen LogP contribution in [-0.2, 0) is 16.0 Å². The number of nitrogens with zero attached hydrogens (tertiary/aromatic N) is 2. The van der Waals surface area contributed by atoms with Crippen molar-refractivity contribution in [2.75, 3.05) is 19.7 Å². The van der Waals surface area contributed by atoms with Gasteiger partial charge in [-0.2, -0.15) is 0 Å². The first-order chi connectivity index (χ1) is 12.6. The zero-order valence-corrected chi connectivity index (χ0v) is 16.1. The first-order valence-electron chi connectivity index (χ1n) is 9.13. The molecule has 138 valence electrons. The fraction of sp³-hybridized carbons (Fsp3) is 0.450. The Kier molecular flexibility index (Phi) is 6.04. The molecule has 6 heteroatoms. The van der Waals surface area contributed by atoms with Crippen molar-refractivity contribution >= 4 is 23.2 Å². The van der Waals surface area contributed by atoms with Crippen LogP contribution in [0.3, 0.4) is 0 Å². The molecule has 0 aliphatic carbocycles. The van der Waals surface area contributed by atoms with E-state index < -0.39 is 0 Å². The summed E-state index contributed by atoms with van der Waals surface area (Å²) in [6, 6.07) is 7.57. The average Bonchev–Trinajstić information content (AvgIpc) is 3.17. The fourth-order valence-electron chi connectivity index (χ4n) is 3.19. The molecule has 0 bridgehead atoms. The highest BCUT2D eigenvalue weighted by Crippen LogP contribution is 2.24. The highest BCUT2D eigenvalue weighted by molar-refractivity contribution is 7.09. The number of piperidine rings is 1. The predicted octanol–water partition coefficient (Wildman–Crippen LogP) is 3.79. The number of amides is 1. The molecule has 2 heterocycles. The third kappa shape index (κ3) is 4.12. The number of benzene rings is 1. The van der Waals surface area contributed by atoms with Crippen molar-refractivity contribution < 1.29 is 14.3 Å². The number of ether oxygens (including phenoxy) is 1. The largest absolute Gasteiger partial charge is 0.466 e. The highest BCUT2D eigenvalue weighted by Gasteiger charge is 2.29. The molecule has 3 rings (SSSR count). The van der Waals surface area contributed by atoms with Crippen molar-refractivity contribution in [3.63, 3.8) is 0 Å². The number of hydrogen-bond donors (Lipinski definition) is 0. The molecule has 0 radical (unpaired) electrons. The van der Waals surface area contributed by atoms with E-state index in [1.807, 2.05) is 29.6 Å². The number of carbonyl (C=O) groups excluding carboxylic acids is 2. The van der Waals surface area contributed by atoms with Gasteiger partial charge in [-0.25, -0.2) is 4.98 Å². The Morgan fingerprint density at radius 1 is 1.27 bits per heavy atom. The van der Waals surface area contributed by atoms with Gasteiger partial charge in [-0.1, -0.05) is 19.1 Å². The Morgan fingerprint density at radius 2 is 2.04 bits per heavy atom. The van der Waals surface area contributed by atoms with Crippen molar-refractivity contribution in [3.8, 4) is 11.3 Å². The summed E-state index contributed by atoms with van der Waals surface area (Å²) < 4.78 is 5.11. The van der Waals surface area contributed by atoms with Crippen molar-refractivity contribution in [3.05, 3.63) is 40.2 Å². The van der Waals surface area contributed by atoms with Crippen LogP contribution in [0.25, 0.3) is 11.3 Å². The van der Waals surface area contributed by atoms with Gasteiger partial charge in [0.15, 0.2) is 0 Å². The molecular weight excluding hydrogens is 348 g/mol. The van der Waals surface area contributed by atoms with Crippen LogP contribution in [0.15, 0.2) is 29.6 Å². The lowest BCUT2D eigenvalue weighted by Crippen LogP contribution is -2.42. The number of aryl methyl sites for hydroxylation is 1. The number of carbonyl (C=O) groups is 2. The Bertz CT molecular complexity index is 770. The third-order valence-electron chi connectivity index (χ3n) is 4.61. The molecule has 0 spiro atoms. The van der Waals surface area contributed by atoms with E-state index in [1.54, 1.807) is 23.2 Å². The molecule has 1 aliphatic heterocycles. The molecule has 0 saturated carbocycles. The number of hydrogen-bond acceptors (Lipinski definition) is 5. The monoisotopic (exact) mass is 372 g/mol. The topological polar surface area (TPSA) is 59.5 Å². The minimum atomic E-state index is -0.214. The van der Waals surface area contributed by atoms with Gasteiger partial charge in [0.05, 0.1) is 23.2 Å². The summed E-state index contributed by atoms with van der Waals surface area (Å²) in [7, 11) is 0. The molecular formula is C20H24N2O3S. The Morgan fingerprint density at radius 3 is 2.69 bits per heavy atom. The van der Waals surface area contributed by atoms with Gasteiger partial charge in [0.1, 0.15) is 0 Å². The van der Waals surface area contributed by atoms with Crippen molar-refractivity contribution in [2.45, 2.75) is 33.1 Å². The number of aromatic nitrogens is 1. The van der Waals surface area contributed by atoms with Crippen molar-refractivity contribution in [2.24, 2.45) is 5.92 Å². The quantitative estimate of drug-likeness (QED) is 0.749. The lowest BCUT2D eigenvalue weighted by atomic mass is 9.97. The van der Waals surface area contributed by atoms with Crippen LogP contribution >= 0.6 is 11.3 Å². The summed E-state index contributed by atoms with van der Waals surface area (Å²) in [4.78, 5) is 31.1. The van der Waals surface area contributed by atoms with E-state index >= 15 is 0 Å². The summed E-state index contributed by atoms with van der Waals surface area (Å²) in [5.41, 5.74) is 2.61. The summed E-state index contributed by atoms with van der Waals surface area (Å²) in [5.74, 6) is -0.442. The van der Waals surface area contributed by atoms with Crippen LogP contribution in [0.5, 0.6) is 0 Å². The predicted molar refractivity (Wildman–Crippen MR) is 102 cm³/mol. The molecule has 1 amide bonds. The van der Waals surface area contributed by atoms with E-state index in [4.69, 9.17) is 4.74 Å². The molecule has 0 unspecified atom stereocenters. The lowest BCUT2D eigenvalue weighted by Gasteiger charge is -2.31. The van der Waals surface area contributed by atoms with Crippen LogP contribution in [-0.4, -0.2) is 41.5 Å². The normalized spacial score (nSPS) is 17.2. The number of esters is 1. The van der Waals surface area contributed by atoms with Crippen LogP contribution in [0.4, 0.5) is 0 Å². The van der Waals surface area contributed by atoms with Crippen molar-refractivity contribution in [1.82, 2.24) is 9.88 Å². The molecule has 1 atom stereocenters. The van der Waals surface area contributed by atoms with E-state index in [0.29, 0.717) is 25.3 Å². The highest BCUT2D eigenvalue weighted by atomic mass is 32.1. The van der Waals surface area contributed by atoms with Gasteiger partial charge < -0.3 is 9.64 Å². The maximum Gasteiger partial charge on any atom is 0.310 e. The van der Waals surface area contributed by atoms with E-state index in [-0.39, 0.29) is 17.8 Å². The molecule has 0 N–H and O–H groups in total. The first kappa shape index (κ1) is 18.6. The zero-order chi connectivity index (χ0) is 18.5. The lowest BCUT2D eigenvalue weighted by molar-refractivity contribution is -0.149. The molecule has 1 saturated heterocycles. The number of thiazole rings is 1. The van der Waals surface area contributed by atoms with Gasteiger partial charge in [-0.05, 0) is 38.3 Å². The SMILES string of the molecule is CCOC(=O)[C@@H]1CCCN(C(=O)c2ccc(-c3csc(CC)n3)cc2)C1. The summed E-state index contributed by atoms with van der Waals surface area (Å²) in [6.45, 7) is 5.39. The standard InChI is InChI=1S/C20H24N2O3S/c1-3-18-21-17(13-26-18)14-7-9-15(10-8-14)19(23)22-11-5-6-16(12-22)20(24)25-4-2/h7-10,13,16H,3-6,11-12H2,1-2H3/t16-/m1/s1. The molecule has 26 heavy (non-hydrogen) atoms. The number of likely N-dealkylation sites (tertiary alicyclic amines) is 1. The second kappa shape index (κ2) is 8.45. The molecule has 1 aromatic heterocycles. The zero-order valence-electron chi connectivity index (χ0n) is 15.2. The van der Waals surface area contributed by atoms with E-state index in [1.165, 1.54) is 0 Å². The van der Waals surface area contributed by atoms with Gasteiger partial charge in [0.2, 0.25) is 0 Å². The molecule has 1 aliphatic rings. The average molecular weight is 372 g/mol. The van der Waals surface area contributed by atoms with Crippen molar-refractivity contribution in [1.29, 1.82) is 0 Å². The Labute approximate surface area is 158 Å². The van der Waals surface area contributed by atoms with E-state index in [2.05, 4.69) is 11.9 Å². The molecule has 1 fully saturated rings. The minimum Gasteiger partial charge on any atom is -0.466 e. The van der Waals surface area contributed by atoms with Crippen LogP contribution in [0.2, 0.25) is 0 Å². The van der Waals surface area contributed by atoms with Crippen LogP contribution in [0.1, 0.15) is 42.1 Å². The maximum atomic E-state index is 12.8. The minimum absolute atomic E-state index is 0.0296. The summed E-state index contributed by atoms with van der Waals surface area (Å²) >= 11 is 1.65. The van der Waals surface area contributed by atoms with Crippen LogP contribution < -0.4 is 0 Å². The molecule has 5 nitrogen and oxygen atoms in total. The third-order valence-corrected chi connectivity index (χ3v) is 5.60. The Hall–Kier alpha value is -2.21. The molecule has 1 aromatic carbocycles. The fourth-order valence-corrected chi connectivity index (χ4v) is 3.94. The van der Waals surface area contributed by atoms with Gasteiger partial charge >= 0.3 is 5.97 Å². The second-order valence-electron chi connectivity index (χ2n) is 6.40. The number of rotatable bonds is 5. The summed E-state index contributed by atoms with van der Waals surface area (Å²) in [6.07, 6.45) is 2.54. The Balaban J connectivity index is 1.68. The maximum absolute atomic E-state index is 12.8. The first-order valence-corrected chi connectivity index (χ1v) is 10.0. The van der Waals surface area contributed by atoms with Gasteiger partial charge in [-0.15, -0.1) is 11.3 Å². The van der Waals surface area contributed by atoms with Crippen LogP contribution in [0, 0.1) is 5.92 Å². The van der Waals surface area contributed by atoms with Gasteiger partial charge in [-0.3, -0.25) is 9.59 Å². The summed E-state index contributed by atoms with van der Waals surface area (Å²) in [5, 5.41) is 3.16. The van der Waals surface area contributed by atoms with Gasteiger partial charge in [0, 0.05) is 29.6 Å². The second-order valence-corrected chi connectivity index (χ2v) is 7.34.